The van der Waals surface area contributed by atoms with Gasteiger partial charge in [0.05, 0.1) is 17.5 Å². The van der Waals surface area contributed by atoms with Crippen LogP contribution in [0.15, 0.2) is 48.8 Å². The molecule has 3 aromatic heterocycles. The number of halogens is 5. The van der Waals surface area contributed by atoms with Crippen LogP contribution in [0.3, 0.4) is 0 Å². The van der Waals surface area contributed by atoms with Crippen molar-refractivity contribution in [3.63, 3.8) is 0 Å². The molecule has 2 amide bonds. The molecule has 1 aromatic carbocycles. The molecule has 0 bridgehead atoms. The van der Waals surface area contributed by atoms with Gasteiger partial charge in [-0.1, -0.05) is 11.6 Å². The summed E-state index contributed by atoms with van der Waals surface area (Å²) in [5.74, 6) is -2.20. The van der Waals surface area contributed by atoms with Gasteiger partial charge in [0.25, 0.3) is 5.91 Å². The van der Waals surface area contributed by atoms with E-state index in [-0.39, 0.29) is 22.2 Å². The van der Waals surface area contributed by atoms with Crippen molar-refractivity contribution in [2.45, 2.75) is 19.8 Å². The number of nitrogens with zero attached hydrogens (tertiary/aromatic N) is 4. The third-order valence-electron chi connectivity index (χ3n) is 4.69. The van der Waals surface area contributed by atoms with Gasteiger partial charge in [-0.25, -0.2) is 18.9 Å². The maximum absolute atomic E-state index is 14.1. The van der Waals surface area contributed by atoms with Crippen molar-refractivity contribution < 1.29 is 31.9 Å². The highest BCUT2D eigenvalue weighted by Crippen LogP contribution is 2.26. The maximum Gasteiger partial charge on any atom is 0.573 e. The first kappa shape index (κ1) is 24.9. The van der Waals surface area contributed by atoms with Gasteiger partial charge in [0.1, 0.15) is 16.7 Å². The quantitative estimate of drug-likeness (QED) is 0.287. The Hall–Kier alpha value is -4.26. The number of anilines is 1. The lowest BCUT2D eigenvalue weighted by molar-refractivity contribution is -0.274. The number of hydrogen-bond donors (Lipinski definition) is 2. The zero-order chi connectivity index (χ0) is 26.0. The minimum Gasteiger partial charge on any atom is -0.406 e. The summed E-state index contributed by atoms with van der Waals surface area (Å²) in [7, 11) is 0. The lowest BCUT2D eigenvalue weighted by Crippen LogP contribution is -2.24. The molecule has 9 nitrogen and oxygen atoms in total. The molecule has 0 atom stereocenters. The maximum atomic E-state index is 14.1. The zero-order valence-electron chi connectivity index (χ0n) is 18.2. The molecular formula is C22H15ClF4N6O3. The Morgan fingerprint density at radius 3 is 2.67 bits per heavy atom. The van der Waals surface area contributed by atoms with Crippen molar-refractivity contribution in [1.82, 2.24) is 24.9 Å². The fourth-order valence-electron chi connectivity index (χ4n) is 3.18. The number of pyridine rings is 1. The van der Waals surface area contributed by atoms with E-state index in [1.54, 1.807) is 12.1 Å². The Bertz CT molecular complexity index is 1470. The summed E-state index contributed by atoms with van der Waals surface area (Å²) in [6, 6.07) is 7.12. The van der Waals surface area contributed by atoms with Gasteiger partial charge in [-0.3, -0.25) is 9.59 Å². The van der Waals surface area contributed by atoms with Crippen LogP contribution in [0.25, 0.3) is 16.9 Å². The molecule has 0 aliphatic carbocycles. The second-order valence-electron chi connectivity index (χ2n) is 7.37. The van der Waals surface area contributed by atoms with Crippen molar-refractivity contribution in [3.8, 4) is 17.0 Å². The van der Waals surface area contributed by atoms with Gasteiger partial charge < -0.3 is 15.4 Å². The van der Waals surface area contributed by atoms with E-state index in [0.717, 1.165) is 18.2 Å². The Balaban J connectivity index is 1.54. The van der Waals surface area contributed by atoms with Crippen LogP contribution in [0, 0.1) is 5.82 Å². The highest BCUT2D eigenvalue weighted by molar-refractivity contribution is 6.32. The third-order valence-corrected chi connectivity index (χ3v) is 4.99. The number of hydrogen-bond acceptors (Lipinski definition) is 6. The fraction of sp³-hybridized carbons (Fsp3) is 0.136. The van der Waals surface area contributed by atoms with E-state index >= 15 is 0 Å². The first-order chi connectivity index (χ1) is 17.0. The van der Waals surface area contributed by atoms with E-state index in [9.17, 15) is 27.2 Å². The van der Waals surface area contributed by atoms with Gasteiger partial charge in [0.2, 0.25) is 5.91 Å². The zero-order valence-corrected chi connectivity index (χ0v) is 19.0. The van der Waals surface area contributed by atoms with Crippen LogP contribution >= 0.6 is 11.6 Å². The summed E-state index contributed by atoms with van der Waals surface area (Å²) in [4.78, 5) is 32.1. The first-order valence-electron chi connectivity index (χ1n) is 10.1. The number of amides is 2. The summed E-state index contributed by atoms with van der Waals surface area (Å²) in [6.07, 6.45) is -2.06. The molecule has 0 aliphatic rings. The van der Waals surface area contributed by atoms with E-state index in [0.29, 0.717) is 22.7 Å². The van der Waals surface area contributed by atoms with Crippen molar-refractivity contribution in [2.75, 3.05) is 5.32 Å². The largest absolute Gasteiger partial charge is 0.573 e. The topological polar surface area (TPSA) is 111 Å². The molecule has 2 N–H and O–H groups in total. The number of imidazole rings is 1. The van der Waals surface area contributed by atoms with E-state index in [4.69, 9.17) is 11.6 Å². The van der Waals surface area contributed by atoms with Gasteiger partial charge in [-0.15, -0.1) is 13.2 Å². The number of benzene rings is 1. The van der Waals surface area contributed by atoms with E-state index < -0.39 is 30.4 Å². The van der Waals surface area contributed by atoms with Crippen LogP contribution in [0.4, 0.5) is 23.4 Å². The molecule has 0 unspecified atom stereocenters. The van der Waals surface area contributed by atoms with Gasteiger partial charge in [0, 0.05) is 30.8 Å². The van der Waals surface area contributed by atoms with Gasteiger partial charge >= 0.3 is 6.36 Å². The summed E-state index contributed by atoms with van der Waals surface area (Å²) in [6.45, 7) is 0.904. The summed E-state index contributed by atoms with van der Waals surface area (Å²) >= 11 is 6.07. The summed E-state index contributed by atoms with van der Waals surface area (Å²) < 4.78 is 56.6. The van der Waals surface area contributed by atoms with Crippen LogP contribution in [0.5, 0.6) is 5.75 Å². The standard InChI is InChI=1S/C22H15ClF4N6O3/c1-11(34)30-18-10-33-19(31-18)5-4-17(32-33)13-7-15(20(23)28-9-13)21(35)29-8-12-6-14(2-3-16(12)24)36-22(25,26)27/h2-7,9-10H,8H2,1H3,(H,29,35)(H,30,34). The number of rotatable bonds is 6. The molecule has 0 fully saturated rings. The van der Waals surface area contributed by atoms with Crippen molar-refractivity contribution >= 4 is 34.9 Å². The highest BCUT2D eigenvalue weighted by atomic mass is 35.5. The number of aromatic nitrogens is 4. The summed E-state index contributed by atoms with van der Waals surface area (Å²) in [5, 5.41) is 9.18. The second kappa shape index (κ2) is 9.77. The van der Waals surface area contributed by atoms with Gasteiger partial charge in [-0.05, 0) is 36.4 Å². The molecule has 14 heteroatoms. The van der Waals surface area contributed by atoms with Gasteiger partial charge in [0.15, 0.2) is 11.5 Å². The van der Waals surface area contributed by atoms with Crippen molar-refractivity contribution in [1.29, 1.82) is 0 Å². The molecule has 36 heavy (non-hydrogen) atoms. The van der Waals surface area contributed by atoms with Crippen molar-refractivity contribution in [3.05, 3.63) is 70.9 Å². The molecule has 0 spiro atoms. The molecule has 186 valence electrons. The lowest BCUT2D eigenvalue weighted by Gasteiger charge is -2.12. The highest BCUT2D eigenvalue weighted by Gasteiger charge is 2.31. The van der Waals surface area contributed by atoms with Crippen LogP contribution in [-0.4, -0.2) is 37.8 Å². The van der Waals surface area contributed by atoms with Crippen LogP contribution in [0.1, 0.15) is 22.8 Å². The first-order valence-corrected chi connectivity index (χ1v) is 10.5. The molecule has 0 saturated heterocycles. The molecule has 0 radical (unpaired) electrons. The molecular weight excluding hydrogens is 508 g/mol. The Morgan fingerprint density at radius 1 is 1.17 bits per heavy atom. The SMILES string of the molecule is CC(=O)Nc1cn2nc(-c3cnc(Cl)c(C(=O)NCc4cc(OC(F)(F)F)ccc4F)c3)ccc2n1. The average Bonchev–Trinajstić information content (AvgIpc) is 3.19. The van der Waals surface area contributed by atoms with E-state index in [1.807, 2.05) is 0 Å². The molecule has 4 aromatic rings. The number of nitrogens with one attached hydrogen (secondary N) is 2. The predicted octanol–water partition coefficient (Wildman–Crippen LogP) is 4.37. The fourth-order valence-corrected chi connectivity index (χ4v) is 3.37. The monoisotopic (exact) mass is 522 g/mol. The van der Waals surface area contributed by atoms with E-state index in [1.165, 1.54) is 29.9 Å². The number of carbonyl (C=O) groups excluding carboxylic acids is 2. The Morgan fingerprint density at radius 2 is 1.94 bits per heavy atom. The van der Waals surface area contributed by atoms with Crippen LogP contribution < -0.4 is 15.4 Å². The minimum absolute atomic E-state index is 0.0660. The number of fused-ring (bicyclic) bond motifs is 1. The number of ether oxygens (including phenoxy) is 1. The molecule has 3 heterocycles. The Kier molecular flexibility index (Phi) is 6.75. The van der Waals surface area contributed by atoms with E-state index in [2.05, 4.69) is 30.4 Å². The number of alkyl halides is 3. The predicted molar refractivity (Wildman–Crippen MR) is 120 cm³/mol. The normalized spacial score (nSPS) is 11.4. The third kappa shape index (κ3) is 5.86. The average molecular weight is 523 g/mol. The number of carbonyl (C=O) groups is 2. The summed E-state index contributed by atoms with van der Waals surface area (Å²) in [5.41, 5.74) is 0.973. The van der Waals surface area contributed by atoms with Gasteiger partial charge in [-0.2, -0.15) is 5.10 Å². The molecule has 4 rings (SSSR count). The molecule has 0 saturated carbocycles. The van der Waals surface area contributed by atoms with Crippen molar-refractivity contribution in [2.24, 2.45) is 0 Å². The minimum atomic E-state index is -4.95. The smallest absolute Gasteiger partial charge is 0.406 e. The second-order valence-corrected chi connectivity index (χ2v) is 7.73. The van der Waals surface area contributed by atoms with Crippen LogP contribution in [-0.2, 0) is 11.3 Å². The molecule has 0 aliphatic heterocycles. The van der Waals surface area contributed by atoms with Crippen LogP contribution in [0.2, 0.25) is 5.15 Å². The lowest BCUT2D eigenvalue weighted by atomic mass is 10.1. The Labute approximate surface area is 205 Å².